The molecule has 2 N–H and O–H groups in total. The van der Waals surface area contributed by atoms with Crippen LogP contribution >= 0.6 is 15.9 Å². The highest BCUT2D eigenvalue weighted by Crippen LogP contribution is 2.25. The van der Waals surface area contributed by atoms with Crippen LogP contribution in [0, 0.1) is 0 Å². The fourth-order valence-corrected chi connectivity index (χ4v) is 2.53. The Kier molecular flexibility index (Phi) is 5.13. The number of carboxylic acids is 2. The molecular formula is C16H12BrNO5. The monoisotopic (exact) mass is 377 g/mol. The van der Waals surface area contributed by atoms with Crippen LogP contribution < -0.4 is 4.90 Å². The summed E-state index contributed by atoms with van der Waals surface area (Å²) in [5, 5.41) is 18.3. The van der Waals surface area contributed by atoms with Gasteiger partial charge < -0.3 is 10.2 Å². The Morgan fingerprint density at radius 3 is 2.04 bits per heavy atom. The molecule has 23 heavy (non-hydrogen) atoms. The highest BCUT2D eigenvalue weighted by atomic mass is 79.9. The molecule has 0 aliphatic heterocycles. The molecule has 0 bridgehead atoms. The molecule has 6 nitrogen and oxygen atoms in total. The zero-order chi connectivity index (χ0) is 17.0. The van der Waals surface area contributed by atoms with Gasteiger partial charge in [-0.1, -0.05) is 24.3 Å². The standard InChI is InChI=1S/C16H12BrNO5/c17-12-7-3-1-5-10(12)15(21)18(9-14(19)20)13-8-4-2-6-11(13)16(22)23/h1-8H,9H2,(H,19,20)(H,22,23). The molecule has 7 heteroatoms. The minimum Gasteiger partial charge on any atom is -0.480 e. The van der Waals surface area contributed by atoms with E-state index in [9.17, 15) is 19.5 Å². The maximum Gasteiger partial charge on any atom is 0.337 e. The quantitative estimate of drug-likeness (QED) is 0.834. The van der Waals surface area contributed by atoms with Crippen molar-refractivity contribution in [2.24, 2.45) is 0 Å². The van der Waals surface area contributed by atoms with E-state index in [0.717, 1.165) is 4.90 Å². The van der Waals surface area contributed by atoms with E-state index in [2.05, 4.69) is 15.9 Å². The van der Waals surface area contributed by atoms with Crippen LogP contribution in [-0.4, -0.2) is 34.6 Å². The van der Waals surface area contributed by atoms with Crippen molar-refractivity contribution < 1.29 is 24.6 Å². The van der Waals surface area contributed by atoms with Gasteiger partial charge in [-0.3, -0.25) is 14.5 Å². The minimum absolute atomic E-state index is 0.0307. The van der Waals surface area contributed by atoms with Crippen LogP contribution in [0.15, 0.2) is 53.0 Å². The van der Waals surface area contributed by atoms with Crippen molar-refractivity contribution in [2.75, 3.05) is 11.4 Å². The first kappa shape index (κ1) is 16.7. The number of hydrogen-bond donors (Lipinski definition) is 2. The van der Waals surface area contributed by atoms with E-state index in [0.29, 0.717) is 4.47 Å². The Bertz CT molecular complexity index is 775. The first-order valence-corrected chi connectivity index (χ1v) is 7.31. The van der Waals surface area contributed by atoms with Gasteiger partial charge in [0.2, 0.25) is 0 Å². The Balaban J connectivity index is 2.55. The molecule has 0 aromatic heterocycles. The highest BCUT2D eigenvalue weighted by molar-refractivity contribution is 9.10. The van der Waals surface area contributed by atoms with Crippen LogP contribution in [0.1, 0.15) is 20.7 Å². The number of aromatic carboxylic acids is 1. The third kappa shape index (κ3) is 3.75. The largest absolute Gasteiger partial charge is 0.480 e. The smallest absolute Gasteiger partial charge is 0.337 e. The maximum absolute atomic E-state index is 12.7. The van der Waals surface area contributed by atoms with E-state index < -0.39 is 24.4 Å². The summed E-state index contributed by atoms with van der Waals surface area (Å²) in [4.78, 5) is 36.1. The van der Waals surface area contributed by atoms with Crippen molar-refractivity contribution in [1.29, 1.82) is 0 Å². The number of anilines is 1. The van der Waals surface area contributed by atoms with Crippen molar-refractivity contribution in [2.45, 2.75) is 0 Å². The van der Waals surface area contributed by atoms with Crippen molar-refractivity contribution in [3.05, 3.63) is 64.1 Å². The van der Waals surface area contributed by atoms with Gasteiger partial charge in [-0.15, -0.1) is 0 Å². The minimum atomic E-state index is -1.24. The summed E-state index contributed by atoms with van der Waals surface area (Å²) in [6.45, 7) is -0.648. The number of aliphatic carboxylic acids is 1. The summed E-state index contributed by atoms with van der Waals surface area (Å²) in [5.74, 6) is -3.09. The van der Waals surface area contributed by atoms with Gasteiger partial charge in [0.05, 0.1) is 16.8 Å². The Labute approximate surface area is 140 Å². The molecule has 2 rings (SSSR count). The van der Waals surface area contributed by atoms with Gasteiger partial charge in [0, 0.05) is 4.47 Å². The Morgan fingerprint density at radius 2 is 1.48 bits per heavy atom. The van der Waals surface area contributed by atoms with Gasteiger partial charge in [-0.2, -0.15) is 0 Å². The van der Waals surface area contributed by atoms with Crippen LogP contribution in [0.3, 0.4) is 0 Å². The van der Waals surface area contributed by atoms with Crippen LogP contribution in [-0.2, 0) is 4.79 Å². The van der Waals surface area contributed by atoms with E-state index in [1.807, 2.05) is 0 Å². The third-order valence-electron chi connectivity index (χ3n) is 3.07. The molecule has 0 saturated heterocycles. The van der Waals surface area contributed by atoms with Crippen LogP contribution in [0.4, 0.5) is 5.69 Å². The maximum atomic E-state index is 12.7. The van der Waals surface area contributed by atoms with E-state index in [1.54, 1.807) is 24.3 Å². The first-order valence-electron chi connectivity index (χ1n) is 6.52. The number of amides is 1. The molecule has 0 aliphatic carbocycles. The molecule has 0 aliphatic rings. The second kappa shape index (κ2) is 7.06. The average molecular weight is 378 g/mol. The molecule has 0 atom stereocenters. The predicted molar refractivity (Wildman–Crippen MR) is 86.9 cm³/mol. The van der Waals surface area contributed by atoms with Gasteiger partial charge in [0.1, 0.15) is 6.54 Å². The zero-order valence-electron chi connectivity index (χ0n) is 11.8. The third-order valence-corrected chi connectivity index (χ3v) is 3.76. The topological polar surface area (TPSA) is 94.9 Å². The number of carboxylic acid groups (broad SMARTS) is 2. The number of rotatable bonds is 5. The van der Waals surface area contributed by atoms with Gasteiger partial charge in [0.25, 0.3) is 5.91 Å². The van der Waals surface area contributed by atoms with E-state index in [-0.39, 0.29) is 16.8 Å². The summed E-state index contributed by atoms with van der Waals surface area (Å²) < 4.78 is 0.494. The second-order valence-corrected chi connectivity index (χ2v) is 5.44. The molecule has 0 saturated carbocycles. The van der Waals surface area contributed by atoms with Gasteiger partial charge in [-0.25, -0.2) is 4.79 Å². The number of para-hydroxylation sites is 1. The van der Waals surface area contributed by atoms with Crippen molar-refractivity contribution >= 4 is 39.5 Å². The summed E-state index contributed by atoms with van der Waals surface area (Å²) in [6.07, 6.45) is 0. The highest BCUT2D eigenvalue weighted by Gasteiger charge is 2.25. The lowest BCUT2D eigenvalue weighted by Crippen LogP contribution is -2.37. The van der Waals surface area contributed by atoms with Crippen molar-refractivity contribution in [3.8, 4) is 0 Å². The molecule has 2 aromatic carbocycles. The number of benzene rings is 2. The van der Waals surface area contributed by atoms with Gasteiger partial charge >= 0.3 is 11.9 Å². The van der Waals surface area contributed by atoms with E-state index >= 15 is 0 Å². The molecule has 0 fully saturated rings. The number of hydrogen-bond acceptors (Lipinski definition) is 3. The number of carbonyl (C=O) groups excluding carboxylic acids is 1. The predicted octanol–water partition coefficient (Wildman–Crippen LogP) is 2.88. The summed E-state index contributed by atoms with van der Waals surface area (Å²) in [7, 11) is 0. The zero-order valence-corrected chi connectivity index (χ0v) is 13.4. The molecule has 0 spiro atoms. The van der Waals surface area contributed by atoms with Crippen molar-refractivity contribution in [3.63, 3.8) is 0 Å². The Hall–Kier alpha value is -2.67. The van der Waals surface area contributed by atoms with Crippen LogP contribution in [0.25, 0.3) is 0 Å². The molecule has 2 aromatic rings. The molecule has 1 amide bonds. The number of carbonyl (C=O) groups is 3. The van der Waals surface area contributed by atoms with E-state index in [4.69, 9.17) is 5.11 Å². The molecule has 0 unspecified atom stereocenters. The van der Waals surface area contributed by atoms with Gasteiger partial charge in [0.15, 0.2) is 0 Å². The summed E-state index contributed by atoms with van der Waals surface area (Å²) in [6, 6.07) is 12.3. The molecule has 118 valence electrons. The van der Waals surface area contributed by atoms with Crippen LogP contribution in [0.5, 0.6) is 0 Å². The first-order chi connectivity index (χ1) is 10.9. The molecule has 0 radical (unpaired) electrons. The normalized spacial score (nSPS) is 10.1. The lowest BCUT2D eigenvalue weighted by Gasteiger charge is -2.23. The van der Waals surface area contributed by atoms with Crippen molar-refractivity contribution in [1.82, 2.24) is 0 Å². The number of halogens is 1. The fourth-order valence-electron chi connectivity index (χ4n) is 2.07. The van der Waals surface area contributed by atoms with Gasteiger partial charge in [-0.05, 0) is 40.2 Å². The molecular weight excluding hydrogens is 366 g/mol. The van der Waals surface area contributed by atoms with Crippen LogP contribution in [0.2, 0.25) is 0 Å². The summed E-state index contributed by atoms with van der Waals surface area (Å²) >= 11 is 3.24. The SMILES string of the molecule is O=C(O)CN(C(=O)c1ccccc1Br)c1ccccc1C(=O)O. The van der Waals surface area contributed by atoms with E-state index in [1.165, 1.54) is 24.3 Å². The Morgan fingerprint density at radius 1 is 0.913 bits per heavy atom. The second-order valence-electron chi connectivity index (χ2n) is 4.59. The summed E-state index contributed by atoms with van der Waals surface area (Å²) in [5.41, 5.74) is 0.131. The average Bonchev–Trinajstić information content (AvgIpc) is 2.52. The lowest BCUT2D eigenvalue weighted by atomic mass is 10.1. The fraction of sp³-hybridized carbons (Fsp3) is 0.0625. The number of nitrogens with zero attached hydrogens (tertiary/aromatic N) is 1. The molecule has 0 heterocycles. The lowest BCUT2D eigenvalue weighted by molar-refractivity contribution is -0.135.